The van der Waals surface area contributed by atoms with Gasteiger partial charge in [-0.2, -0.15) is 5.10 Å². The SMILES string of the molecule is CCCc1nn(C)c2c(=O)[nH]c(-c3ccoc3)nc12. The van der Waals surface area contributed by atoms with Gasteiger partial charge in [-0.25, -0.2) is 4.98 Å². The Morgan fingerprint density at radius 3 is 3.00 bits per heavy atom. The lowest BCUT2D eigenvalue weighted by atomic mass is 10.2. The fraction of sp³-hybridized carbons (Fsp3) is 0.308. The van der Waals surface area contributed by atoms with E-state index in [1.807, 2.05) is 0 Å². The molecule has 0 spiro atoms. The van der Waals surface area contributed by atoms with Crippen molar-refractivity contribution in [3.63, 3.8) is 0 Å². The van der Waals surface area contributed by atoms with Crippen LogP contribution in [0.15, 0.2) is 27.8 Å². The number of nitrogens with zero attached hydrogens (tertiary/aromatic N) is 3. The van der Waals surface area contributed by atoms with Gasteiger partial charge in [0.2, 0.25) is 0 Å². The van der Waals surface area contributed by atoms with Gasteiger partial charge in [0.1, 0.15) is 17.6 Å². The van der Waals surface area contributed by atoms with Crippen LogP contribution in [0.25, 0.3) is 22.4 Å². The maximum absolute atomic E-state index is 12.1. The minimum absolute atomic E-state index is 0.182. The third-order valence-corrected chi connectivity index (χ3v) is 3.04. The molecule has 0 atom stereocenters. The zero-order valence-corrected chi connectivity index (χ0v) is 10.8. The molecule has 6 heteroatoms. The molecule has 0 aliphatic carbocycles. The molecule has 0 amide bonds. The second-order valence-electron chi connectivity index (χ2n) is 4.44. The molecule has 0 bridgehead atoms. The Kier molecular flexibility index (Phi) is 2.70. The monoisotopic (exact) mass is 258 g/mol. The van der Waals surface area contributed by atoms with Gasteiger partial charge in [-0.05, 0) is 12.5 Å². The Labute approximate surface area is 109 Å². The van der Waals surface area contributed by atoms with Gasteiger partial charge in [-0.3, -0.25) is 9.48 Å². The van der Waals surface area contributed by atoms with E-state index in [2.05, 4.69) is 22.0 Å². The van der Waals surface area contributed by atoms with Gasteiger partial charge in [-0.15, -0.1) is 0 Å². The minimum atomic E-state index is -0.182. The van der Waals surface area contributed by atoms with Gasteiger partial charge in [0.05, 0.1) is 17.5 Å². The highest BCUT2D eigenvalue weighted by Crippen LogP contribution is 2.19. The number of nitrogens with one attached hydrogen (secondary N) is 1. The highest BCUT2D eigenvalue weighted by Gasteiger charge is 2.15. The Balaban J connectivity index is 2.29. The fourth-order valence-corrected chi connectivity index (χ4v) is 2.19. The molecule has 0 aliphatic rings. The van der Waals surface area contributed by atoms with Crippen LogP contribution in [0.2, 0.25) is 0 Å². The maximum Gasteiger partial charge on any atom is 0.277 e. The molecule has 3 heterocycles. The molecular formula is C13H14N4O2. The molecule has 3 aromatic heterocycles. The Morgan fingerprint density at radius 1 is 1.47 bits per heavy atom. The molecule has 6 nitrogen and oxygen atoms in total. The van der Waals surface area contributed by atoms with Crippen LogP contribution >= 0.6 is 0 Å². The summed E-state index contributed by atoms with van der Waals surface area (Å²) in [6.07, 6.45) is 4.87. The number of fused-ring (bicyclic) bond motifs is 1. The first-order chi connectivity index (χ1) is 9.20. The van der Waals surface area contributed by atoms with Crippen molar-refractivity contribution in [3.8, 4) is 11.4 Å². The van der Waals surface area contributed by atoms with Gasteiger partial charge >= 0.3 is 0 Å². The molecule has 0 aromatic carbocycles. The lowest BCUT2D eigenvalue weighted by Crippen LogP contribution is -2.12. The van der Waals surface area contributed by atoms with Gasteiger partial charge < -0.3 is 9.40 Å². The van der Waals surface area contributed by atoms with Gasteiger partial charge in [0.25, 0.3) is 5.56 Å². The lowest BCUT2D eigenvalue weighted by Gasteiger charge is -1.98. The predicted molar refractivity (Wildman–Crippen MR) is 70.8 cm³/mol. The zero-order chi connectivity index (χ0) is 13.4. The first kappa shape index (κ1) is 11.7. The van der Waals surface area contributed by atoms with Crippen LogP contribution in [-0.4, -0.2) is 19.7 Å². The van der Waals surface area contributed by atoms with E-state index < -0.39 is 0 Å². The number of hydrogen-bond donors (Lipinski definition) is 1. The molecule has 1 N–H and O–H groups in total. The van der Waals surface area contributed by atoms with Crippen LogP contribution in [0.4, 0.5) is 0 Å². The van der Waals surface area contributed by atoms with Crippen LogP contribution < -0.4 is 5.56 Å². The molecule has 3 aromatic rings. The molecular weight excluding hydrogens is 244 g/mol. The highest BCUT2D eigenvalue weighted by molar-refractivity contribution is 5.78. The molecule has 0 radical (unpaired) electrons. The molecule has 3 rings (SSSR count). The fourth-order valence-electron chi connectivity index (χ4n) is 2.19. The smallest absolute Gasteiger partial charge is 0.277 e. The third kappa shape index (κ3) is 1.85. The van der Waals surface area contributed by atoms with E-state index in [-0.39, 0.29) is 5.56 Å². The molecule has 98 valence electrons. The van der Waals surface area contributed by atoms with E-state index in [1.165, 1.54) is 0 Å². The molecule has 0 aliphatic heterocycles. The summed E-state index contributed by atoms with van der Waals surface area (Å²) in [4.78, 5) is 19.4. The van der Waals surface area contributed by atoms with Crippen molar-refractivity contribution in [3.05, 3.63) is 34.6 Å². The molecule has 0 unspecified atom stereocenters. The van der Waals surface area contributed by atoms with E-state index in [4.69, 9.17) is 4.42 Å². The van der Waals surface area contributed by atoms with Gasteiger partial charge in [0.15, 0.2) is 5.52 Å². The predicted octanol–water partition coefficient (Wildman–Crippen LogP) is 1.87. The summed E-state index contributed by atoms with van der Waals surface area (Å²) in [7, 11) is 1.76. The van der Waals surface area contributed by atoms with Crippen molar-refractivity contribution < 1.29 is 4.42 Å². The average molecular weight is 258 g/mol. The number of rotatable bonds is 3. The van der Waals surface area contributed by atoms with Crippen molar-refractivity contribution in [2.75, 3.05) is 0 Å². The first-order valence-electron chi connectivity index (χ1n) is 6.19. The number of aryl methyl sites for hydroxylation is 2. The number of aromatic amines is 1. The number of aromatic nitrogens is 4. The van der Waals surface area contributed by atoms with Crippen LogP contribution in [0.1, 0.15) is 19.0 Å². The summed E-state index contributed by atoms with van der Waals surface area (Å²) in [6, 6.07) is 1.76. The Bertz CT molecular complexity index is 768. The van der Waals surface area contributed by atoms with Crippen LogP contribution in [0.3, 0.4) is 0 Å². The molecule has 0 saturated carbocycles. The minimum Gasteiger partial charge on any atom is -0.472 e. The Morgan fingerprint density at radius 2 is 2.32 bits per heavy atom. The van der Waals surface area contributed by atoms with E-state index in [9.17, 15) is 4.79 Å². The second-order valence-corrected chi connectivity index (χ2v) is 4.44. The van der Waals surface area contributed by atoms with Crippen molar-refractivity contribution in [2.45, 2.75) is 19.8 Å². The molecule has 0 fully saturated rings. The normalized spacial score (nSPS) is 11.3. The summed E-state index contributed by atoms with van der Waals surface area (Å²) in [5, 5.41) is 4.37. The average Bonchev–Trinajstić information content (AvgIpc) is 2.99. The van der Waals surface area contributed by atoms with Crippen molar-refractivity contribution in [1.82, 2.24) is 19.7 Å². The van der Waals surface area contributed by atoms with E-state index in [0.29, 0.717) is 16.9 Å². The van der Waals surface area contributed by atoms with Crippen LogP contribution in [0.5, 0.6) is 0 Å². The Hall–Kier alpha value is -2.37. The van der Waals surface area contributed by atoms with E-state index in [1.54, 1.807) is 30.3 Å². The van der Waals surface area contributed by atoms with Crippen molar-refractivity contribution in [2.24, 2.45) is 7.05 Å². The lowest BCUT2D eigenvalue weighted by molar-refractivity contribution is 0.568. The van der Waals surface area contributed by atoms with Crippen molar-refractivity contribution >= 4 is 11.0 Å². The first-order valence-corrected chi connectivity index (χ1v) is 6.19. The molecule has 19 heavy (non-hydrogen) atoms. The van der Waals surface area contributed by atoms with Crippen molar-refractivity contribution in [1.29, 1.82) is 0 Å². The zero-order valence-electron chi connectivity index (χ0n) is 10.8. The van der Waals surface area contributed by atoms with Gasteiger partial charge in [0, 0.05) is 7.05 Å². The van der Waals surface area contributed by atoms with Gasteiger partial charge in [-0.1, -0.05) is 13.3 Å². The third-order valence-electron chi connectivity index (χ3n) is 3.04. The summed E-state index contributed by atoms with van der Waals surface area (Å²) < 4.78 is 6.61. The second kappa shape index (κ2) is 4.38. The standard InChI is InChI=1S/C13H14N4O2/c1-3-4-9-10-11(17(2)16-9)13(18)15-12(14-10)8-5-6-19-7-8/h5-7H,3-4H2,1-2H3,(H,14,15,18). The quantitative estimate of drug-likeness (QED) is 0.778. The maximum atomic E-state index is 12.1. The number of furan rings is 1. The number of hydrogen-bond acceptors (Lipinski definition) is 4. The summed E-state index contributed by atoms with van der Waals surface area (Å²) >= 11 is 0. The topological polar surface area (TPSA) is 76.7 Å². The summed E-state index contributed by atoms with van der Waals surface area (Å²) in [5.74, 6) is 0.511. The van der Waals surface area contributed by atoms with E-state index in [0.717, 1.165) is 24.1 Å². The largest absolute Gasteiger partial charge is 0.472 e. The summed E-state index contributed by atoms with van der Waals surface area (Å²) in [6.45, 7) is 2.07. The van der Waals surface area contributed by atoms with Crippen LogP contribution in [-0.2, 0) is 13.5 Å². The summed E-state index contributed by atoms with van der Waals surface area (Å²) in [5.41, 5.74) is 2.61. The molecule has 0 saturated heterocycles. The van der Waals surface area contributed by atoms with Crippen LogP contribution in [0, 0.1) is 0 Å². The number of H-pyrrole nitrogens is 1. The highest BCUT2D eigenvalue weighted by atomic mass is 16.3. The van der Waals surface area contributed by atoms with E-state index >= 15 is 0 Å².